The van der Waals surface area contributed by atoms with Gasteiger partial charge in [-0.2, -0.15) is 0 Å². The highest BCUT2D eigenvalue weighted by Gasteiger charge is 2.26. The lowest BCUT2D eigenvalue weighted by molar-refractivity contribution is -0.114. The van der Waals surface area contributed by atoms with E-state index in [0.29, 0.717) is 28.4 Å². The van der Waals surface area contributed by atoms with Gasteiger partial charge < -0.3 is 14.8 Å². The molecule has 2 aromatic carbocycles. The minimum atomic E-state index is -3.73. The molecule has 10 nitrogen and oxygen atoms in total. The minimum absolute atomic E-state index is 0.0598. The predicted octanol–water partition coefficient (Wildman–Crippen LogP) is 1.40. The van der Waals surface area contributed by atoms with E-state index in [9.17, 15) is 18.0 Å². The Balaban J connectivity index is 1.60. The van der Waals surface area contributed by atoms with Gasteiger partial charge in [0, 0.05) is 25.8 Å². The summed E-state index contributed by atoms with van der Waals surface area (Å²) in [5.41, 5.74) is 1.96. The number of aromatic nitrogens is 2. The van der Waals surface area contributed by atoms with E-state index >= 15 is 0 Å². The van der Waals surface area contributed by atoms with Crippen LogP contribution in [0.1, 0.15) is 6.92 Å². The summed E-state index contributed by atoms with van der Waals surface area (Å²) in [4.78, 5) is 24.8. The van der Waals surface area contributed by atoms with E-state index in [1.165, 1.54) is 22.1 Å². The van der Waals surface area contributed by atoms with Gasteiger partial charge in [0.15, 0.2) is 11.5 Å². The molecule has 11 heteroatoms. The first kappa shape index (κ1) is 20.8. The van der Waals surface area contributed by atoms with Gasteiger partial charge in [-0.3, -0.25) is 18.2 Å². The fourth-order valence-corrected chi connectivity index (χ4v) is 4.52. The highest BCUT2D eigenvalue weighted by Crippen LogP contribution is 2.36. The number of benzene rings is 2. The average Bonchev–Trinajstić information content (AvgIpc) is 3.30. The van der Waals surface area contributed by atoms with Crippen molar-refractivity contribution in [3.63, 3.8) is 0 Å². The maximum atomic E-state index is 12.7. The van der Waals surface area contributed by atoms with Crippen molar-refractivity contribution in [2.24, 2.45) is 14.1 Å². The van der Waals surface area contributed by atoms with Crippen molar-refractivity contribution in [3.05, 3.63) is 46.9 Å². The van der Waals surface area contributed by atoms with Crippen molar-refractivity contribution in [3.8, 4) is 11.5 Å². The summed E-state index contributed by atoms with van der Waals surface area (Å²) >= 11 is 0. The molecule has 3 aromatic rings. The van der Waals surface area contributed by atoms with Crippen molar-refractivity contribution in [2.45, 2.75) is 6.92 Å². The Bertz CT molecular complexity index is 1340. The number of nitrogens with zero attached hydrogens (tertiary/aromatic N) is 3. The summed E-state index contributed by atoms with van der Waals surface area (Å²) in [7, 11) is -0.422. The van der Waals surface area contributed by atoms with E-state index in [1.807, 2.05) is 0 Å². The van der Waals surface area contributed by atoms with E-state index in [0.717, 1.165) is 9.82 Å². The molecule has 0 fully saturated rings. The molecule has 0 spiro atoms. The van der Waals surface area contributed by atoms with Crippen molar-refractivity contribution >= 4 is 38.3 Å². The zero-order chi connectivity index (χ0) is 22.3. The van der Waals surface area contributed by atoms with Gasteiger partial charge >= 0.3 is 5.69 Å². The Hall–Kier alpha value is -3.47. The second kappa shape index (κ2) is 7.65. The lowest BCUT2D eigenvalue weighted by atomic mass is 10.2. The molecule has 1 amide bonds. The predicted molar refractivity (Wildman–Crippen MR) is 116 cm³/mol. The summed E-state index contributed by atoms with van der Waals surface area (Å²) in [6.07, 6.45) is 0. The van der Waals surface area contributed by atoms with Crippen molar-refractivity contribution in [1.29, 1.82) is 0 Å². The average molecular weight is 446 g/mol. The van der Waals surface area contributed by atoms with Crippen LogP contribution in [0.3, 0.4) is 0 Å². The fraction of sp³-hybridized carbons (Fsp3) is 0.300. The molecule has 1 aliphatic heterocycles. The number of amides is 1. The SMILES string of the molecule is CCS(=O)(=O)N(CC(=O)Nc1ccc2c(c1)n(C)c(=O)n2C)c1ccc2c(c1)OCO2. The van der Waals surface area contributed by atoms with E-state index in [2.05, 4.69) is 5.32 Å². The largest absolute Gasteiger partial charge is 0.454 e. The molecule has 31 heavy (non-hydrogen) atoms. The van der Waals surface area contributed by atoms with Crippen molar-refractivity contribution in [1.82, 2.24) is 9.13 Å². The maximum absolute atomic E-state index is 12.7. The van der Waals surface area contributed by atoms with Crippen LogP contribution in [-0.2, 0) is 28.9 Å². The molecule has 0 atom stereocenters. The quantitative estimate of drug-likeness (QED) is 0.613. The normalized spacial score (nSPS) is 12.9. The molecule has 164 valence electrons. The molecular formula is C20H22N4O6S. The van der Waals surface area contributed by atoms with Crippen LogP contribution >= 0.6 is 0 Å². The lowest BCUT2D eigenvalue weighted by Crippen LogP contribution is -2.39. The van der Waals surface area contributed by atoms with Crippen LogP contribution in [0, 0.1) is 0 Å². The van der Waals surface area contributed by atoms with Crippen LogP contribution in [0.15, 0.2) is 41.2 Å². The van der Waals surface area contributed by atoms with E-state index < -0.39 is 22.5 Å². The van der Waals surface area contributed by atoms with Crippen LogP contribution in [0.5, 0.6) is 11.5 Å². The van der Waals surface area contributed by atoms with Crippen LogP contribution in [0.2, 0.25) is 0 Å². The summed E-state index contributed by atoms with van der Waals surface area (Å²) in [5, 5.41) is 2.71. The van der Waals surface area contributed by atoms with Crippen molar-refractivity contribution in [2.75, 3.05) is 28.7 Å². The molecular weight excluding hydrogens is 424 g/mol. The smallest absolute Gasteiger partial charge is 0.328 e. The molecule has 1 aromatic heterocycles. The topological polar surface area (TPSA) is 112 Å². The third-order valence-corrected chi connectivity index (χ3v) is 6.93. The van der Waals surface area contributed by atoms with Gasteiger partial charge in [0.2, 0.25) is 22.7 Å². The molecule has 0 radical (unpaired) electrons. The van der Waals surface area contributed by atoms with Gasteiger partial charge in [0.1, 0.15) is 6.54 Å². The monoisotopic (exact) mass is 446 g/mol. The van der Waals surface area contributed by atoms with E-state index in [4.69, 9.17) is 9.47 Å². The second-order valence-corrected chi connectivity index (χ2v) is 9.28. The van der Waals surface area contributed by atoms with Gasteiger partial charge in [-0.1, -0.05) is 0 Å². The number of rotatable bonds is 6. The van der Waals surface area contributed by atoms with Gasteiger partial charge in [-0.05, 0) is 37.3 Å². The Morgan fingerprint density at radius 2 is 1.77 bits per heavy atom. The molecule has 1 aliphatic rings. The number of anilines is 2. The van der Waals surface area contributed by atoms with Crippen LogP contribution in [0.25, 0.3) is 11.0 Å². The van der Waals surface area contributed by atoms with E-state index in [-0.39, 0.29) is 18.2 Å². The number of sulfonamides is 1. The highest BCUT2D eigenvalue weighted by atomic mass is 32.2. The zero-order valence-electron chi connectivity index (χ0n) is 17.3. The lowest BCUT2D eigenvalue weighted by Gasteiger charge is -2.23. The third-order valence-electron chi connectivity index (χ3n) is 5.19. The summed E-state index contributed by atoms with van der Waals surface area (Å²) in [6.45, 7) is 1.16. The number of carbonyl (C=O) groups is 1. The van der Waals surface area contributed by atoms with Gasteiger partial charge in [-0.15, -0.1) is 0 Å². The second-order valence-electron chi connectivity index (χ2n) is 7.10. The summed E-state index contributed by atoms with van der Waals surface area (Å²) in [5.74, 6) is 0.246. The number of ether oxygens (including phenoxy) is 2. The van der Waals surface area contributed by atoms with Gasteiger partial charge in [0.25, 0.3) is 0 Å². The molecule has 0 saturated carbocycles. The van der Waals surface area contributed by atoms with E-state index in [1.54, 1.807) is 44.4 Å². The van der Waals surface area contributed by atoms with Crippen LogP contribution in [-0.4, -0.2) is 42.5 Å². The number of hydrogen-bond acceptors (Lipinski definition) is 6. The maximum Gasteiger partial charge on any atom is 0.328 e. The number of aryl methyl sites for hydroxylation is 2. The molecule has 2 heterocycles. The molecule has 0 saturated heterocycles. The summed E-state index contributed by atoms with van der Waals surface area (Å²) in [6, 6.07) is 9.78. The fourth-order valence-electron chi connectivity index (χ4n) is 3.46. The van der Waals surface area contributed by atoms with Crippen molar-refractivity contribution < 1.29 is 22.7 Å². The standard InChI is InChI=1S/C20H22N4O6S/c1-4-31(27,28)24(14-6-8-17-18(10-14)30-12-29-17)11-19(25)21-13-5-7-15-16(9-13)23(3)20(26)22(15)2/h5-10H,4,11-12H2,1-3H3,(H,21,25). The Morgan fingerprint density at radius 1 is 1.06 bits per heavy atom. The van der Waals surface area contributed by atoms with Gasteiger partial charge in [-0.25, -0.2) is 13.2 Å². The molecule has 0 bridgehead atoms. The Morgan fingerprint density at radius 3 is 2.52 bits per heavy atom. The third kappa shape index (κ3) is 3.72. The first-order valence-corrected chi connectivity index (χ1v) is 11.2. The van der Waals surface area contributed by atoms with Gasteiger partial charge in [0.05, 0.1) is 22.5 Å². The zero-order valence-corrected chi connectivity index (χ0v) is 18.1. The van der Waals surface area contributed by atoms with Crippen LogP contribution in [0.4, 0.5) is 11.4 Å². The number of imidazole rings is 1. The summed E-state index contributed by atoms with van der Waals surface area (Å²) < 4.78 is 40.0. The Labute approximate surface area is 178 Å². The molecule has 0 aliphatic carbocycles. The number of carbonyl (C=O) groups excluding carboxylic acids is 1. The van der Waals surface area contributed by atoms with Crippen LogP contribution < -0.4 is 24.8 Å². The first-order valence-electron chi connectivity index (χ1n) is 9.56. The minimum Gasteiger partial charge on any atom is -0.454 e. The number of hydrogen-bond donors (Lipinski definition) is 1. The Kier molecular flexibility index (Phi) is 5.13. The number of nitrogens with one attached hydrogen (secondary N) is 1. The molecule has 1 N–H and O–H groups in total. The molecule has 4 rings (SSSR count). The molecule has 0 unspecified atom stereocenters. The first-order chi connectivity index (χ1) is 14.7. The number of fused-ring (bicyclic) bond motifs is 2. The highest BCUT2D eigenvalue weighted by molar-refractivity contribution is 7.92.